The van der Waals surface area contributed by atoms with E-state index in [1.165, 1.54) is 20.0 Å². The van der Waals surface area contributed by atoms with Gasteiger partial charge in [-0.05, 0) is 31.9 Å². The van der Waals surface area contributed by atoms with Gasteiger partial charge in [-0.1, -0.05) is 19.9 Å². The van der Waals surface area contributed by atoms with Crippen molar-refractivity contribution in [2.75, 3.05) is 10.6 Å². The highest BCUT2D eigenvalue weighted by atomic mass is 19.1. The maximum Gasteiger partial charge on any atom is 0.224 e. The summed E-state index contributed by atoms with van der Waals surface area (Å²) in [6.07, 6.45) is 3.22. The molecule has 28 heavy (non-hydrogen) atoms. The monoisotopic (exact) mass is 384 g/mol. The molecule has 148 valence electrons. The van der Waals surface area contributed by atoms with Gasteiger partial charge >= 0.3 is 0 Å². The molecule has 2 aromatic rings. The first kappa shape index (κ1) is 20.0. The van der Waals surface area contributed by atoms with E-state index in [9.17, 15) is 14.8 Å². The predicted octanol–water partition coefficient (Wildman–Crippen LogP) is 3.13. The van der Waals surface area contributed by atoms with Crippen molar-refractivity contribution < 1.29 is 9.50 Å². The average Bonchev–Trinajstić information content (AvgIpc) is 2.65. The van der Waals surface area contributed by atoms with Crippen molar-refractivity contribution in [1.29, 1.82) is 5.26 Å². The van der Waals surface area contributed by atoms with Crippen LogP contribution in [-0.2, 0) is 12.2 Å². The summed E-state index contributed by atoms with van der Waals surface area (Å²) in [5, 5.41) is 25.6. The second-order valence-corrected chi connectivity index (χ2v) is 8.17. The summed E-state index contributed by atoms with van der Waals surface area (Å²) >= 11 is 0. The molecule has 7 nitrogen and oxygen atoms in total. The van der Waals surface area contributed by atoms with Crippen LogP contribution in [0.2, 0.25) is 0 Å². The van der Waals surface area contributed by atoms with Crippen molar-refractivity contribution in [3.63, 3.8) is 0 Å². The van der Waals surface area contributed by atoms with Gasteiger partial charge in [0.15, 0.2) is 0 Å². The number of halogens is 1. The normalized spacial score (nSPS) is 20.8. The van der Waals surface area contributed by atoms with Crippen LogP contribution in [0.1, 0.15) is 50.9 Å². The Morgan fingerprint density at radius 3 is 2.75 bits per heavy atom. The molecular formula is C20H25FN6O. The van der Waals surface area contributed by atoms with E-state index >= 15 is 0 Å². The SMILES string of the molecule is CC(C)(F)c1ncccc1CNc1ncc(C#N)c(N[C@@H]2C[C@H](O)C2(C)C)n1. The van der Waals surface area contributed by atoms with Gasteiger partial charge in [-0.3, -0.25) is 4.98 Å². The number of aliphatic hydroxyl groups excluding tert-OH is 1. The van der Waals surface area contributed by atoms with E-state index in [0.717, 1.165) is 0 Å². The van der Waals surface area contributed by atoms with Gasteiger partial charge in [0.25, 0.3) is 0 Å². The Morgan fingerprint density at radius 1 is 1.39 bits per heavy atom. The largest absolute Gasteiger partial charge is 0.392 e. The first-order valence-electron chi connectivity index (χ1n) is 9.22. The number of nitriles is 1. The number of aliphatic hydroxyl groups is 1. The minimum absolute atomic E-state index is 0.00890. The van der Waals surface area contributed by atoms with Crippen LogP contribution in [0.5, 0.6) is 0 Å². The van der Waals surface area contributed by atoms with Crippen LogP contribution < -0.4 is 10.6 Å². The number of nitrogens with zero attached hydrogens (tertiary/aromatic N) is 4. The maximum absolute atomic E-state index is 14.4. The second-order valence-electron chi connectivity index (χ2n) is 8.17. The summed E-state index contributed by atoms with van der Waals surface area (Å²) in [7, 11) is 0. The van der Waals surface area contributed by atoms with E-state index in [4.69, 9.17) is 0 Å². The van der Waals surface area contributed by atoms with Crippen LogP contribution in [0, 0.1) is 16.7 Å². The first-order chi connectivity index (χ1) is 13.1. The molecule has 0 saturated heterocycles. The molecule has 0 radical (unpaired) electrons. The lowest BCUT2D eigenvalue weighted by Gasteiger charge is -2.49. The fourth-order valence-corrected chi connectivity index (χ4v) is 3.26. The molecule has 2 heterocycles. The van der Waals surface area contributed by atoms with E-state index in [1.807, 2.05) is 13.8 Å². The Morgan fingerprint density at radius 2 is 2.14 bits per heavy atom. The Labute approximate surface area is 164 Å². The van der Waals surface area contributed by atoms with E-state index in [2.05, 4.69) is 31.7 Å². The Bertz CT molecular complexity index is 902. The van der Waals surface area contributed by atoms with Gasteiger partial charge in [0.1, 0.15) is 23.1 Å². The van der Waals surface area contributed by atoms with Crippen molar-refractivity contribution in [3.8, 4) is 6.07 Å². The zero-order valence-corrected chi connectivity index (χ0v) is 16.5. The lowest BCUT2D eigenvalue weighted by Crippen LogP contribution is -2.57. The number of hydrogen-bond donors (Lipinski definition) is 3. The predicted molar refractivity (Wildman–Crippen MR) is 104 cm³/mol. The third-order valence-corrected chi connectivity index (χ3v) is 5.33. The number of nitrogens with one attached hydrogen (secondary N) is 2. The molecule has 0 aromatic carbocycles. The van der Waals surface area contributed by atoms with Crippen molar-refractivity contribution in [3.05, 3.63) is 41.3 Å². The molecule has 2 aromatic heterocycles. The molecule has 0 spiro atoms. The average molecular weight is 384 g/mol. The minimum Gasteiger partial charge on any atom is -0.392 e. The molecule has 0 aliphatic heterocycles. The highest BCUT2D eigenvalue weighted by Crippen LogP contribution is 2.42. The molecule has 3 N–H and O–H groups in total. The van der Waals surface area contributed by atoms with Crippen LogP contribution in [0.25, 0.3) is 0 Å². The van der Waals surface area contributed by atoms with Crippen molar-refractivity contribution in [2.24, 2.45) is 5.41 Å². The number of pyridine rings is 1. The van der Waals surface area contributed by atoms with Gasteiger partial charge in [0.05, 0.1) is 18.0 Å². The maximum atomic E-state index is 14.4. The fraction of sp³-hybridized carbons (Fsp3) is 0.500. The molecular weight excluding hydrogens is 359 g/mol. The number of hydrogen-bond acceptors (Lipinski definition) is 7. The molecule has 1 aliphatic rings. The Balaban J connectivity index is 1.77. The van der Waals surface area contributed by atoms with Crippen molar-refractivity contribution in [2.45, 2.75) is 58.5 Å². The van der Waals surface area contributed by atoms with Gasteiger partial charge in [0, 0.05) is 24.2 Å². The zero-order valence-electron chi connectivity index (χ0n) is 16.5. The summed E-state index contributed by atoms with van der Waals surface area (Å²) in [5.41, 5.74) is -0.467. The lowest BCUT2D eigenvalue weighted by molar-refractivity contribution is -0.0511. The van der Waals surface area contributed by atoms with Gasteiger partial charge < -0.3 is 15.7 Å². The third kappa shape index (κ3) is 3.90. The minimum atomic E-state index is -1.56. The molecule has 2 atom stereocenters. The number of aromatic nitrogens is 3. The fourth-order valence-electron chi connectivity index (χ4n) is 3.26. The molecule has 8 heteroatoms. The molecule has 0 amide bonds. The van der Waals surface area contributed by atoms with Crippen LogP contribution in [0.15, 0.2) is 24.5 Å². The van der Waals surface area contributed by atoms with Gasteiger partial charge in [-0.2, -0.15) is 10.2 Å². The van der Waals surface area contributed by atoms with Crippen LogP contribution >= 0.6 is 0 Å². The van der Waals surface area contributed by atoms with Crippen molar-refractivity contribution >= 4 is 11.8 Å². The molecule has 0 bridgehead atoms. The Kier molecular flexibility index (Phi) is 5.22. The number of alkyl halides is 1. The smallest absolute Gasteiger partial charge is 0.224 e. The van der Waals surface area contributed by atoms with Crippen LogP contribution in [0.3, 0.4) is 0 Å². The summed E-state index contributed by atoms with van der Waals surface area (Å²) in [6.45, 7) is 7.17. The Hall–Kier alpha value is -2.79. The topological polar surface area (TPSA) is 107 Å². The zero-order chi connectivity index (χ0) is 20.5. The van der Waals surface area contributed by atoms with E-state index in [1.54, 1.807) is 18.3 Å². The van der Waals surface area contributed by atoms with Crippen LogP contribution in [-0.4, -0.2) is 32.2 Å². The lowest BCUT2D eigenvalue weighted by atomic mass is 9.64. The standard InChI is InChI=1S/C20H25FN6O/c1-19(2)14(8-15(19)28)26-17-13(9-22)11-25-18(27-17)24-10-12-6-5-7-23-16(12)20(3,4)21/h5-7,11,14-15,28H,8,10H2,1-4H3,(H2,24,25,26,27)/t14-,15+/m1/s1. The summed E-state index contributed by atoms with van der Waals surface area (Å²) in [5.74, 6) is 0.743. The number of rotatable bonds is 6. The third-order valence-electron chi connectivity index (χ3n) is 5.33. The summed E-state index contributed by atoms with van der Waals surface area (Å²) in [4.78, 5) is 12.7. The highest BCUT2D eigenvalue weighted by molar-refractivity contribution is 5.54. The van der Waals surface area contributed by atoms with Gasteiger partial charge in [-0.25, -0.2) is 9.37 Å². The molecule has 1 saturated carbocycles. The van der Waals surface area contributed by atoms with E-state index < -0.39 is 5.67 Å². The molecule has 1 aliphatic carbocycles. The quantitative estimate of drug-likeness (QED) is 0.702. The van der Waals surface area contributed by atoms with E-state index in [0.29, 0.717) is 41.6 Å². The number of anilines is 2. The second kappa shape index (κ2) is 7.32. The molecule has 1 fully saturated rings. The molecule has 3 rings (SSSR count). The van der Waals surface area contributed by atoms with Gasteiger partial charge in [-0.15, -0.1) is 0 Å². The van der Waals surface area contributed by atoms with E-state index in [-0.39, 0.29) is 17.6 Å². The summed E-state index contributed by atoms with van der Waals surface area (Å²) < 4.78 is 14.4. The first-order valence-corrected chi connectivity index (χ1v) is 9.22. The molecule has 0 unspecified atom stereocenters. The highest BCUT2D eigenvalue weighted by Gasteiger charge is 2.47. The summed E-state index contributed by atoms with van der Waals surface area (Å²) in [6, 6.07) is 5.65. The van der Waals surface area contributed by atoms with Crippen LogP contribution in [0.4, 0.5) is 16.2 Å². The van der Waals surface area contributed by atoms with Crippen molar-refractivity contribution in [1.82, 2.24) is 15.0 Å². The van der Waals surface area contributed by atoms with Gasteiger partial charge in [0.2, 0.25) is 5.95 Å².